The fourth-order valence-corrected chi connectivity index (χ4v) is 1.85. The van der Waals surface area contributed by atoms with Gasteiger partial charge in [-0.2, -0.15) is 13.2 Å². The van der Waals surface area contributed by atoms with E-state index >= 15 is 0 Å². The van der Waals surface area contributed by atoms with Crippen molar-refractivity contribution < 1.29 is 27.9 Å². The van der Waals surface area contributed by atoms with Gasteiger partial charge in [-0.25, -0.2) is 4.79 Å². The summed E-state index contributed by atoms with van der Waals surface area (Å²) in [4.78, 5) is 22.9. The van der Waals surface area contributed by atoms with E-state index in [1.165, 1.54) is 0 Å². The maximum Gasteiger partial charge on any atom is 0.422 e. The summed E-state index contributed by atoms with van der Waals surface area (Å²) in [6, 6.07) is 0. The largest absolute Gasteiger partial charge is 0.479 e. The lowest BCUT2D eigenvalue weighted by atomic mass is 9.98. The first kappa shape index (κ1) is 13.8. The molecule has 1 amide bonds. The first-order valence-corrected chi connectivity index (χ1v) is 5.32. The Labute approximate surface area is 96.4 Å². The summed E-state index contributed by atoms with van der Waals surface area (Å²) >= 11 is 0. The van der Waals surface area contributed by atoms with Crippen LogP contribution in [0.5, 0.6) is 0 Å². The van der Waals surface area contributed by atoms with Gasteiger partial charge < -0.3 is 10.0 Å². The van der Waals surface area contributed by atoms with Gasteiger partial charge in [0.1, 0.15) is 0 Å². The Morgan fingerprint density at radius 3 is 2.35 bits per heavy atom. The zero-order chi connectivity index (χ0) is 13.3. The first-order chi connectivity index (χ1) is 7.71. The summed E-state index contributed by atoms with van der Waals surface area (Å²) < 4.78 is 38.6. The van der Waals surface area contributed by atoms with Crippen molar-refractivity contribution in [1.82, 2.24) is 4.90 Å². The van der Waals surface area contributed by atoms with Crippen LogP contribution in [0.2, 0.25) is 0 Å². The fraction of sp³-hybridized carbons (Fsp3) is 0.800. The quantitative estimate of drug-likeness (QED) is 0.816. The van der Waals surface area contributed by atoms with Crippen molar-refractivity contribution in [2.45, 2.75) is 44.3 Å². The third-order valence-electron chi connectivity index (χ3n) is 3.08. The molecule has 1 rings (SSSR count). The van der Waals surface area contributed by atoms with Crippen molar-refractivity contribution in [1.29, 1.82) is 0 Å². The van der Waals surface area contributed by atoms with E-state index in [1.807, 2.05) is 0 Å². The maximum absolute atomic E-state index is 12.9. The van der Waals surface area contributed by atoms with E-state index in [0.29, 0.717) is 31.1 Å². The third kappa shape index (κ3) is 2.37. The number of hydrogen-bond donors (Lipinski definition) is 1. The minimum atomic E-state index is -4.99. The number of carboxylic acids is 1. The van der Waals surface area contributed by atoms with Crippen LogP contribution in [0.15, 0.2) is 0 Å². The van der Waals surface area contributed by atoms with Crippen LogP contribution in [0, 0.1) is 0 Å². The van der Waals surface area contributed by atoms with Gasteiger partial charge in [0, 0.05) is 13.0 Å². The Bertz CT molecular complexity index is 329. The summed E-state index contributed by atoms with van der Waals surface area (Å²) in [5.41, 5.74) is -3.13. The van der Waals surface area contributed by atoms with Gasteiger partial charge >= 0.3 is 12.1 Å². The first-order valence-electron chi connectivity index (χ1n) is 5.32. The molecule has 0 saturated carbocycles. The predicted octanol–water partition coefficient (Wildman–Crippen LogP) is 1.79. The van der Waals surface area contributed by atoms with Crippen LogP contribution in [0.25, 0.3) is 0 Å². The van der Waals surface area contributed by atoms with Crippen LogP contribution < -0.4 is 0 Å². The van der Waals surface area contributed by atoms with E-state index in [4.69, 9.17) is 5.11 Å². The molecule has 1 aliphatic heterocycles. The van der Waals surface area contributed by atoms with Gasteiger partial charge in [0.05, 0.1) is 0 Å². The molecule has 1 aliphatic rings. The molecule has 4 nitrogen and oxygen atoms in total. The highest BCUT2D eigenvalue weighted by Crippen LogP contribution is 2.37. The molecular formula is C10H14F3NO3. The minimum absolute atomic E-state index is 0.0288. The molecule has 7 heteroatoms. The Balaban J connectivity index is 3.13. The molecule has 1 N–H and O–H groups in total. The number of hydrogen-bond acceptors (Lipinski definition) is 2. The Morgan fingerprint density at radius 2 is 1.88 bits per heavy atom. The summed E-state index contributed by atoms with van der Waals surface area (Å²) in [6.07, 6.45) is -3.48. The molecule has 0 aromatic rings. The normalized spacial score (nSPS) is 21.9. The second-order valence-electron chi connectivity index (χ2n) is 4.23. The van der Waals surface area contributed by atoms with E-state index in [2.05, 4.69) is 0 Å². The molecule has 0 aliphatic carbocycles. The van der Waals surface area contributed by atoms with E-state index < -0.39 is 23.6 Å². The van der Waals surface area contributed by atoms with E-state index in [0.717, 1.165) is 0 Å². The van der Waals surface area contributed by atoms with Crippen LogP contribution in [-0.4, -0.2) is 40.1 Å². The SMILES string of the molecule is CC(C(=O)O)(N1CCCCCC1=O)C(F)(F)F. The number of carboxylic acid groups (broad SMARTS) is 1. The van der Waals surface area contributed by atoms with Crippen LogP contribution in [0.3, 0.4) is 0 Å². The zero-order valence-corrected chi connectivity index (χ0v) is 9.38. The molecule has 0 spiro atoms. The predicted molar refractivity (Wildman–Crippen MR) is 52.3 cm³/mol. The third-order valence-corrected chi connectivity index (χ3v) is 3.08. The summed E-state index contributed by atoms with van der Waals surface area (Å²) in [7, 11) is 0. The van der Waals surface area contributed by atoms with Gasteiger partial charge in [-0.15, -0.1) is 0 Å². The summed E-state index contributed by atoms with van der Waals surface area (Å²) in [5, 5.41) is 8.82. The maximum atomic E-state index is 12.9. The Hall–Kier alpha value is -1.27. The highest BCUT2D eigenvalue weighted by molar-refractivity contribution is 5.87. The lowest BCUT2D eigenvalue weighted by Gasteiger charge is -2.38. The van der Waals surface area contributed by atoms with Gasteiger partial charge in [0.2, 0.25) is 11.4 Å². The van der Waals surface area contributed by atoms with E-state index in [1.54, 1.807) is 0 Å². The van der Waals surface area contributed by atoms with Gasteiger partial charge in [-0.3, -0.25) is 4.79 Å². The van der Waals surface area contributed by atoms with Crippen molar-refractivity contribution in [2.75, 3.05) is 6.54 Å². The number of carbonyl (C=O) groups excluding carboxylic acids is 1. The number of aliphatic carboxylic acids is 1. The highest BCUT2D eigenvalue weighted by atomic mass is 19.4. The molecule has 0 aromatic carbocycles. The average Bonchev–Trinajstić information content (AvgIpc) is 2.39. The van der Waals surface area contributed by atoms with Crippen LogP contribution in [-0.2, 0) is 9.59 Å². The molecule has 1 saturated heterocycles. The van der Waals surface area contributed by atoms with Gasteiger partial charge in [-0.1, -0.05) is 6.42 Å². The molecular weight excluding hydrogens is 239 g/mol. The highest BCUT2D eigenvalue weighted by Gasteiger charge is 2.62. The van der Waals surface area contributed by atoms with E-state index in [9.17, 15) is 22.8 Å². The van der Waals surface area contributed by atoms with Crippen molar-refractivity contribution in [2.24, 2.45) is 0 Å². The smallest absolute Gasteiger partial charge is 0.422 e. The number of nitrogens with zero attached hydrogens (tertiary/aromatic N) is 1. The van der Waals surface area contributed by atoms with E-state index in [-0.39, 0.29) is 13.0 Å². The average molecular weight is 253 g/mol. The number of amides is 1. The minimum Gasteiger partial charge on any atom is -0.479 e. The number of halogens is 3. The zero-order valence-electron chi connectivity index (χ0n) is 9.38. The lowest BCUT2D eigenvalue weighted by Crippen LogP contribution is -2.63. The number of alkyl halides is 3. The molecule has 0 radical (unpaired) electrons. The van der Waals surface area contributed by atoms with Gasteiger partial charge in [0.15, 0.2) is 0 Å². The Morgan fingerprint density at radius 1 is 1.29 bits per heavy atom. The lowest BCUT2D eigenvalue weighted by molar-refractivity contribution is -0.232. The molecule has 1 unspecified atom stereocenters. The Kier molecular flexibility index (Phi) is 3.68. The second kappa shape index (κ2) is 4.54. The molecule has 17 heavy (non-hydrogen) atoms. The molecule has 0 aromatic heterocycles. The number of carbonyl (C=O) groups is 2. The molecule has 1 atom stereocenters. The number of rotatable bonds is 2. The molecule has 98 valence electrons. The molecule has 1 heterocycles. The standard InChI is InChI=1S/C10H14F3NO3/c1-9(8(16)17,10(11,12)13)14-6-4-2-3-5-7(14)15/h2-6H2,1H3,(H,16,17). The number of likely N-dealkylation sites (tertiary alicyclic amines) is 1. The van der Waals surface area contributed by atoms with Crippen molar-refractivity contribution in [3.8, 4) is 0 Å². The van der Waals surface area contributed by atoms with Gasteiger partial charge in [0.25, 0.3) is 0 Å². The van der Waals surface area contributed by atoms with Gasteiger partial charge in [-0.05, 0) is 19.8 Å². The topological polar surface area (TPSA) is 57.6 Å². The van der Waals surface area contributed by atoms with Crippen LogP contribution in [0.1, 0.15) is 32.6 Å². The van der Waals surface area contributed by atoms with Crippen LogP contribution in [0.4, 0.5) is 13.2 Å². The fourth-order valence-electron chi connectivity index (χ4n) is 1.85. The van der Waals surface area contributed by atoms with Crippen molar-refractivity contribution >= 4 is 11.9 Å². The van der Waals surface area contributed by atoms with Crippen molar-refractivity contribution in [3.63, 3.8) is 0 Å². The molecule has 0 bridgehead atoms. The summed E-state index contributed by atoms with van der Waals surface area (Å²) in [6.45, 7) is 0.375. The monoisotopic (exact) mass is 253 g/mol. The van der Waals surface area contributed by atoms with Crippen molar-refractivity contribution in [3.05, 3.63) is 0 Å². The second-order valence-corrected chi connectivity index (χ2v) is 4.23. The molecule has 1 fully saturated rings. The summed E-state index contributed by atoms with van der Waals surface area (Å²) in [5.74, 6) is -2.79. The van der Waals surface area contributed by atoms with Crippen LogP contribution >= 0.6 is 0 Å².